The van der Waals surface area contributed by atoms with E-state index in [1.807, 2.05) is 13.8 Å². The lowest BCUT2D eigenvalue weighted by atomic mass is 9.87. The summed E-state index contributed by atoms with van der Waals surface area (Å²) in [4.78, 5) is 11.2. The fourth-order valence-electron chi connectivity index (χ4n) is 3.45. The minimum atomic E-state index is -4.45. The van der Waals surface area contributed by atoms with Crippen LogP contribution in [-0.4, -0.2) is 6.09 Å². The maximum atomic E-state index is 13.0. The Balaban J connectivity index is 2.05. The van der Waals surface area contributed by atoms with Gasteiger partial charge in [0.25, 0.3) is 0 Å². The van der Waals surface area contributed by atoms with Crippen molar-refractivity contribution in [1.82, 2.24) is 0 Å². The molecule has 2 aromatic carbocycles. The van der Waals surface area contributed by atoms with Gasteiger partial charge in [0.2, 0.25) is 0 Å². The molecule has 138 valence electrons. The number of primary amides is 1. The molecule has 0 fully saturated rings. The Morgan fingerprint density at radius 3 is 2.54 bits per heavy atom. The molecule has 1 aliphatic carbocycles. The molecule has 1 atom stereocenters. The summed E-state index contributed by atoms with van der Waals surface area (Å²) in [5, 5.41) is 0.236. The van der Waals surface area contributed by atoms with Crippen molar-refractivity contribution in [3.63, 3.8) is 0 Å². The maximum absolute atomic E-state index is 13.0. The Morgan fingerprint density at radius 1 is 1.23 bits per heavy atom. The van der Waals surface area contributed by atoms with Crippen molar-refractivity contribution in [3.05, 3.63) is 58.1 Å². The van der Waals surface area contributed by atoms with Crippen LogP contribution in [0.1, 0.15) is 36.6 Å². The third kappa shape index (κ3) is 3.38. The van der Waals surface area contributed by atoms with Gasteiger partial charge in [-0.05, 0) is 41.3 Å². The molecule has 0 aliphatic heterocycles. The largest absolute Gasteiger partial charge is 0.441 e. The van der Waals surface area contributed by atoms with E-state index < -0.39 is 23.9 Å². The number of alkyl halides is 3. The molecule has 1 amide bonds. The van der Waals surface area contributed by atoms with Gasteiger partial charge in [-0.15, -0.1) is 0 Å². The van der Waals surface area contributed by atoms with Crippen LogP contribution in [0.4, 0.5) is 18.0 Å². The van der Waals surface area contributed by atoms with Crippen molar-refractivity contribution in [2.75, 3.05) is 0 Å². The highest BCUT2D eigenvalue weighted by atomic mass is 35.5. The lowest BCUT2D eigenvalue weighted by Gasteiger charge is -2.26. The van der Waals surface area contributed by atoms with Crippen molar-refractivity contribution < 1.29 is 22.7 Å². The fraction of sp³-hybridized carbons (Fsp3) is 0.316. The smallest absolute Gasteiger partial charge is 0.416 e. The third-order valence-electron chi connectivity index (χ3n) is 4.62. The number of carbonyl (C=O) groups excluding carboxylic acids is 1. The quantitative estimate of drug-likeness (QED) is 0.718. The standard InChI is InChI=1S/C19H17ClF3NO2/c1-18(2)9-11-7-10(3-5-13(11)16(18)26-17(24)25)14-8-12(19(21,22)23)4-6-15(14)20/h3-8,16H,9H2,1-2H3,(H2,24,25). The topological polar surface area (TPSA) is 52.3 Å². The summed E-state index contributed by atoms with van der Waals surface area (Å²) in [7, 11) is 0. The Bertz CT molecular complexity index is 878. The second kappa shape index (κ2) is 6.20. The average Bonchev–Trinajstić information content (AvgIpc) is 2.75. The van der Waals surface area contributed by atoms with E-state index in [1.165, 1.54) is 6.07 Å². The number of hydrogen-bond acceptors (Lipinski definition) is 2. The van der Waals surface area contributed by atoms with Crippen molar-refractivity contribution in [2.45, 2.75) is 32.5 Å². The van der Waals surface area contributed by atoms with E-state index in [2.05, 4.69) is 0 Å². The average molecular weight is 384 g/mol. The summed E-state index contributed by atoms with van der Waals surface area (Å²) >= 11 is 6.13. The van der Waals surface area contributed by atoms with Crippen molar-refractivity contribution in [3.8, 4) is 11.1 Å². The third-order valence-corrected chi connectivity index (χ3v) is 4.95. The first kappa shape index (κ1) is 18.6. The normalized spacial score (nSPS) is 18.5. The van der Waals surface area contributed by atoms with Crippen LogP contribution >= 0.6 is 11.6 Å². The number of halogens is 4. The molecule has 0 heterocycles. The summed E-state index contributed by atoms with van der Waals surface area (Å²) in [6.45, 7) is 3.88. The first-order valence-electron chi connectivity index (χ1n) is 7.95. The molecule has 0 saturated heterocycles. The highest BCUT2D eigenvalue weighted by molar-refractivity contribution is 6.33. The molecule has 2 N–H and O–H groups in total. The van der Waals surface area contributed by atoms with Gasteiger partial charge in [0.15, 0.2) is 0 Å². The molecule has 0 spiro atoms. The summed E-state index contributed by atoms with van der Waals surface area (Å²) < 4.78 is 44.3. The van der Waals surface area contributed by atoms with Gasteiger partial charge in [0.05, 0.1) is 5.56 Å². The molecule has 3 nitrogen and oxygen atoms in total. The highest BCUT2D eigenvalue weighted by Gasteiger charge is 2.41. The molecule has 0 radical (unpaired) electrons. The predicted octanol–water partition coefficient (Wildman–Crippen LogP) is 5.74. The van der Waals surface area contributed by atoms with Crippen molar-refractivity contribution >= 4 is 17.7 Å². The highest BCUT2D eigenvalue weighted by Crippen LogP contribution is 2.48. The molecule has 3 rings (SSSR count). The van der Waals surface area contributed by atoms with Gasteiger partial charge in [-0.3, -0.25) is 0 Å². The molecule has 0 aromatic heterocycles. The van der Waals surface area contributed by atoms with Gasteiger partial charge in [0.1, 0.15) is 6.10 Å². The first-order valence-corrected chi connectivity index (χ1v) is 8.33. The summed E-state index contributed by atoms with van der Waals surface area (Å²) in [6.07, 6.45) is -5.20. The number of carbonyl (C=O) groups is 1. The second-order valence-corrected chi connectivity index (χ2v) is 7.50. The van der Waals surface area contributed by atoms with E-state index in [4.69, 9.17) is 22.1 Å². The molecule has 26 heavy (non-hydrogen) atoms. The summed E-state index contributed by atoms with van der Waals surface area (Å²) in [6, 6.07) is 8.47. The number of rotatable bonds is 2. The summed E-state index contributed by atoms with van der Waals surface area (Å²) in [5.41, 5.74) is 6.63. The molecule has 0 saturated carbocycles. The Hall–Kier alpha value is -2.21. The van der Waals surface area contributed by atoms with E-state index in [9.17, 15) is 18.0 Å². The van der Waals surface area contributed by atoms with Gasteiger partial charge >= 0.3 is 12.3 Å². The van der Waals surface area contributed by atoms with Crippen molar-refractivity contribution in [1.29, 1.82) is 0 Å². The van der Waals surface area contributed by atoms with E-state index in [1.54, 1.807) is 18.2 Å². The minimum absolute atomic E-state index is 0.236. The van der Waals surface area contributed by atoms with Gasteiger partial charge in [-0.1, -0.05) is 43.6 Å². The van der Waals surface area contributed by atoms with E-state index in [-0.39, 0.29) is 10.4 Å². The van der Waals surface area contributed by atoms with Crippen LogP contribution in [0.3, 0.4) is 0 Å². The number of nitrogens with two attached hydrogens (primary N) is 1. The Kier molecular flexibility index (Phi) is 4.43. The minimum Gasteiger partial charge on any atom is -0.441 e. The SMILES string of the molecule is CC1(C)Cc2cc(-c3cc(C(F)(F)F)ccc3Cl)ccc2C1OC(N)=O. The molecule has 0 bridgehead atoms. The van der Waals surface area contributed by atoms with E-state index in [0.29, 0.717) is 17.5 Å². The van der Waals surface area contributed by atoms with Crippen molar-refractivity contribution in [2.24, 2.45) is 11.1 Å². The molecular weight excluding hydrogens is 367 g/mol. The van der Waals surface area contributed by atoms with Crippen LogP contribution in [0, 0.1) is 5.41 Å². The number of amides is 1. The monoisotopic (exact) mass is 383 g/mol. The molecule has 7 heteroatoms. The van der Waals surface area contributed by atoms with Gasteiger partial charge < -0.3 is 10.5 Å². The zero-order chi connectivity index (χ0) is 19.3. The lowest BCUT2D eigenvalue weighted by Crippen LogP contribution is -2.25. The van der Waals surface area contributed by atoms with Crippen LogP contribution in [0.25, 0.3) is 11.1 Å². The molecular formula is C19H17ClF3NO2. The van der Waals surface area contributed by atoms with Crippen LogP contribution in [0.15, 0.2) is 36.4 Å². The Labute approximate surface area is 153 Å². The van der Waals surface area contributed by atoms with Crippen LogP contribution < -0.4 is 5.73 Å². The lowest BCUT2D eigenvalue weighted by molar-refractivity contribution is -0.137. The van der Waals surface area contributed by atoms with E-state index in [0.717, 1.165) is 23.3 Å². The fourth-order valence-corrected chi connectivity index (χ4v) is 3.68. The number of hydrogen-bond donors (Lipinski definition) is 1. The number of fused-ring (bicyclic) bond motifs is 1. The number of benzene rings is 2. The molecule has 2 aromatic rings. The van der Waals surface area contributed by atoms with Gasteiger partial charge in [-0.25, -0.2) is 4.79 Å². The van der Waals surface area contributed by atoms with E-state index >= 15 is 0 Å². The summed E-state index contributed by atoms with van der Waals surface area (Å²) in [5.74, 6) is 0. The Morgan fingerprint density at radius 2 is 1.92 bits per heavy atom. The zero-order valence-corrected chi connectivity index (χ0v) is 14.9. The molecule has 1 unspecified atom stereocenters. The van der Waals surface area contributed by atoms with Crippen LogP contribution in [-0.2, 0) is 17.3 Å². The van der Waals surface area contributed by atoms with Gasteiger partial charge in [0, 0.05) is 16.0 Å². The van der Waals surface area contributed by atoms with Crippen LogP contribution in [0.2, 0.25) is 5.02 Å². The number of ether oxygens (including phenoxy) is 1. The zero-order valence-electron chi connectivity index (χ0n) is 14.2. The van der Waals surface area contributed by atoms with Gasteiger partial charge in [-0.2, -0.15) is 13.2 Å². The predicted molar refractivity (Wildman–Crippen MR) is 92.8 cm³/mol. The first-order chi connectivity index (χ1) is 12.0. The van der Waals surface area contributed by atoms with Crippen LogP contribution in [0.5, 0.6) is 0 Å². The molecule has 1 aliphatic rings. The second-order valence-electron chi connectivity index (χ2n) is 7.09. The maximum Gasteiger partial charge on any atom is 0.416 e.